The molecule has 5 rings (SSSR count). The minimum Gasteiger partial charge on any atom is -0.493 e. The third kappa shape index (κ3) is 4.53. The number of benzene rings is 2. The lowest BCUT2D eigenvalue weighted by Crippen LogP contribution is -2.37. The number of hydrogen-bond acceptors (Lipinski definition) is 10. The van der Waals surface area contributed by atoms with Crippen molar-refractivity contribution in [3.63, 3.8) is 0 Å². The molecule has 34 heavy (non-hydrogen) atoms. The number of methoxy groups -OCH3 is 2. The second kappa shape index (κ2) is 9.84. The number of nitrogens with zero attached hydrogens (tertiary/aromatic N) is 6. The summed E-state index contributed by atoms with van der Waals surface area (Å²) in [6.45, 7) is 3.26. The third-order valence-corrected chi connectivity index (χ3v) is 5.55. The van der Waals surface area contributed by atoms with Crippen LogP contribution in [0.4, 0.5) is 11.8 Å². The summed E-state index contributed by atoms with van der Waals surface area (Å²) in [7, 11) is 3.19. The Morgan fingerprint density at radius 1 is 0.912 bits per heavy atom. The normalized spacial score (nSPS) is 13.6. The number of morpholine rings is 1. The van der Waals surface area contributed by atoms with Gasteiger partial charge >= 0.3 is 0 Å². The number of hydrogen-bond donors (Lipinski definition) is 1. The van der Waals surface area contributed by atoms with Gasteiger partial charge in [-0.3, -0.25) is 0 Å². The van der Waals surface area contributed by atoms with Gasteiger partial charge in [0.2, 0.25) is 11.6 Å². The summed E-state index contributed by atoms with van der Waals surface area (Å²) < 4.78 is 16.3. The van der Waals surface area contributed by atoms with E-state index >= 15 is 0 Å². The Kier molecular flexibility index (Phi) is 6.30. The van der Waals surface area contributed by atoms with Crippen molar-refractivity contribution in [2.75, 3.05) is 50.7 Å². The molecule has 0 bridgehead atoms. The fraction of sp³-hybridized carbons (Fsp3) is 0.292. The minimum absolute atomic E-state index is 0.427. The lowest BCUT2D eigenvalue weighted by molar-refractivity contribution is 0.122. The Balaban J connectivity index is 1.54. The molecular formula is C24H25N7O3. The summed E-state index contributed by atoms with van der Waals surface area (Å²) >= 11 is 0. The molecule has 0 unspecified atom stereocenters. The first-order valence-corrected chi connectivity index (χ1v) is 11.0. The third-order valence-electron chi connectivity index (χ3n) is 5.55. The molecule has 2 aromatic carbocycles. The molecule has 10 heteroatoms. The van der Waals surface area contributed by atoms with E-state index in [0.29, 0.717) is 73.1 Å². The Bertz CT molecular complexity index is 1280. The van der Waals surface area contributed by atoms with Gasteiger partial charge in [0.05, 0.1) is 27.4 Å². The fourth-order valence-electron chi connectivity index (χ4n) is 3.77. The van der Waals surface area contributed by atoms with Gasteiger partial charge in [-0.1, -0.05) is 30.3 Å². The van der Waals surface area contributed by atoms with Crippen molar-refractivity contribution < 1.29 is 14.2 Å². The minimum atomic E-state index is 0.427. The van der Waals surface area contributed by atoms with Crippen molar-refractivity contribution in [2.45, 2.75) is 6.54 Å². The van der Waals surface area contributed by atoms with Gasteiger partial charge in [0, 0.05) is 25.2 Å². The first-order chi connectivity index (χ1) is 16.7. The standard InChI is InChI=1S/C24H25N7O3/c1-32-18-9-8-17(14-19(18)33-2)21-26-20-22(30-29-21)27-24(25-15-16-6-4-3-5-7-16)28-23(20)31-10-12-34-13-11-31/h3-9,14H,10-13,15H2,1-2H3,(H,25,27,28,30). The average Bonchev–Trinajstić information content (AvgIpc) is 2.91. The molecule has 174 valence electrons. The van der Waals surface area contributed by atoms with Crippen LogP contribution in [0.1, 0.15) is 5.56 Å². The summed E-state index contributed by atoms with van der Waals surface area (Å²) in [5.41, 5.74) is 2.90. The molecule has 10 nitrogen and oxygen atoms in total. The molecule has 3 heterocycles. The Hall–Kier alpha value is -4.05. The van der Waals surface area contributed by atoms with Crippen molar-refractivity contribution in [2.24, 2.45) is 0 Å². The highest BCUT2D eigenvalue weighted by molar-refractivity contribution is 5.85. The van der Waals surface area contributed by atoms with Crippen LogP contribution in [0.25, 0.3) is 22.6 Å². The number of aromatic nitrogens is 5. The number of anilines is 2. The zero-order valence-corrected chi connectivity index (χ0v) is 19.1. The van der Waals surface area contributed by atoms with Crippen LogP contribution in [0.5, 0.6) is 11.5 Å². The van der Waals surface area contributed by atoms with Crippen molar-refractivity contribution in [3.05, 3.63) is 54.1 Å². The van der Waals surface area contributed by atoms with Crippen LogP contribution in [0.3, 0.4) is 0 Å². The van der Waals surface area contributed by atoms with E-state index in [9.17, 15) is 0 Å². The van der Waals surface area contributed by atoms with Gasteiger partial charge in [-0.15, -0.1) is 10.2 Å². The van der Waals surface area contributed by atoms with Gasteiger partial charge in [0.25, 0.3) is 0 Å². The predicted octanol–water partition coefficient (Wildman–Crippen LogP) is 2.95. The first-order valence-electron chi connectivity index (χ1n) is 11.0. The molecular weight excluding hydrogens is 434 g/mol. The SMILES string of the molecule is COc1ccc(-c2nnc3nc(NCc4ccccc4)nc(N4CCOCC4)c3n2)cc1OC. The van der Waals surface area contributed by atoms with Crippen LogP contribution in [0, 0.1) is 0 Å². The molecule has 1 aliphatic rings. The van der Waals surface area contributed by atoms with E-state index in [0.717, 1.165) is 11.1 Å². The zero-order valence-electron chi connectivity index (χ0n) is 19.1. The summed E-state index contributed by atoms with van der Waals surface area (Å²) in [4.78, 5) is 16.3. The lowest BCUT2D eigenvalue weighted by Gasteiger charge is -2.28. The summed E-state index contributed by atoms with van der Waals surface area (Å²) in [6.07, 6.45) is 0. The van der Waals surface area contributed by atoms with E-state index in [2.05, 4.69) is 25.4 Å². The molecule has 0 saturated carbocycles. The van der Waals surface area contributed by atoms with Gasteiger partial charge in [-0.25, -0.2) is 4.98 Å². The van der Waals surface area contributed by atoms with Crippen LogP contribution in [-0.2, 0) is 11.3 Å². The average molecular weight is 460 g/mol. The van der Waals surface area contributed by atoms with E-state index in [4.69, 9.17) is 24.2 Å². The first kappa shape index (κ1) is 21.8. The molecule has 4 aromatic rings. The summed E-state index contributed by atoms with van der Waals surface area (Å²) in [5.74, 6) is 2.87. The highest BCUT2D eigenvalue weighted by atomic mass is 16.5. The van der Waals surface area contributed by atoms with E-state index < -0.39 is 0 Å². The monoisotopic (exact) mass is 459 g/mol. The maximum absolute atomic E-state index is 5.53. The van der Waals surface area contributed by atoms with Crippen LogP contribution in [0.2, 0.25) is 0 Å². The number of nitrogens with one attached hydrogen (secondary N) is 1. The number of fused-ring (bicyclic) bond motifs is 1. The van der Waals surface area contributed by atoms with Crippen molar-refractivity contribution in [1.82, 2.24) is 25.1 Å². The quantitative estimate of drug-likeness (QED) is 0.443. The van der Waals surface area contributed by atoms with E-state index in [1.54, 1.807) is 14.2 Å². The fourth-order valence-corrected chi connectivity index (χ4v) is 3.77. The smallest absolute Gasteiger partial charge is 0.227 e. The van der Waals surface area contributed by atoms with Crippen LogP contribution in [-0.4, -0.2) is 65.7 Å². The topological polar surface area (TPSA) is 107 Å². The molecule has 0 atom stereocenters. The Morgan fingerprint density at radius 3 is 2.47 bits per heavy atom. The largest absolute Gasteiger partial charge is 0.493 e. The molecule has 0 aliphatic carbocycles. The second-order valence-electron chi connectivity index (χ2n) is 7.69. The molecule has 2 aromatic heterocycles. The van der Waals surface area contributed by atoms with Gasteiger partial charge in [-0.05, 0) is 23.8 Å². The highest BCUT2D eigenvalue weighted by Crippen LogP contribution is 2.32. The summed E-state index contributed by atoms with van der Waals surface area (Å²) in [6, 6.07) is 15.6. The van der Waals surface area contributed by atoms with Gasteiger partial charge in [0.1, 0.15) is 0 Å². The maximum atomic E-state index is 5.53. The van der Waals surface area contributed by atoms with E-state index in [-0.39, 0.29) is 0 Å². The van der Waals surface area contributed by atoms with Crippen LogP contribution in [0.15, 0.2) is 48.5 Å². The number of rotatable bonds is 7. The zero-order chi connectivity index (χ0) is 23.3. The predicted molar refractivity (Wildman–Crippen MR) is 128 cm³/mol. The van der Waals surface area contributed by atoms with Crippen LogP contribution >= 0.6 is 0 Å². The lowest BCUT2D eigenvalue weighted by atomic mass is 10.2. The maximum Gasteiger partial charge on any atom is 0.227 e. The molecule has 0 amide bonds. The molecule has 1 N–H and O–H groups in total. The highest BCUT2D eigenvalue weighted by Gasteiger charge is 2.21. The van der Waals surface area contributed by atoms with Gasteiger partial charge in [-0.2, -0.15) is 9.97 Å². The Morgan fingerprint density at radius 2 is 1.71 bits per heavy atom. The number of ether oxygens (including phenoxy) is 3. The van der Waals surface area contributed by atoms with Gasteiger partial charge in [0.15, 0.2) is 28.7 Å². The van der Waals surface area contributed by atoms with E-state index in [1.807, 2.05) is 48.5 Å². The molecule has 0 radical (unpaired) electrons. The molecule has 0 spiro atoms. The van der Waals surface area contributed by atoms with Crippen molar-refractivity contribution in [1.29, 1.82) is 0 Å². The second-order valence-corrected chi connectivity index (χ2v) is 7.69. The van der Waals surface area contributed by atoms with E-state index in [1.165, 1.54) is 0 Å². The van der Waals surface area contributed by atoms with Crippen LogP contribution < -0.4 is 19.7 Å². The Labute approximate surface area is 196 Å². The molecule has 1 saturated heterocycles. The summed E-state index contributed by atoms with van der Waals surface area (Å²) in [5, 5.41) is 12.0. The van der Waals surface area contributed by atoms with Gasteiger partial charge < -0.3 is 24.4 Å². The van der Waals surface area contributed by atoms with Crippen molar-refractivity contribution in [3.8, 4) is 22.9 Å². The molecule has 1 aliphatic heterocycles. The molecule has 1 fully saturated rings. The van der Waals surface area contributed by atoms with Crippen molar-refractivity contribution >= 4 is 22.9 Å².